The van der Waals surface area contributed by atoms with Crippen molar-refractivity contribution < 1.29 is 14.3 Å². The van der Waals surface area contributed by atoms with Crippen LogP contribution in [0.5, 0.6) is 0 Å². The first-order valence-corrected chi connectivity index (χ1v) is 9.83. The highest BCUT2D eigenvalue weighted by molar-refractivity contribution is 7.21. The van der Waals surface area contributed by atoms with Gasteiger partial charge in [-0.05, 0) is 61.0 Å². The van der Waals surface area contributed by atoms with Crippen LogP contribution in [0, 0.1) is 6.92 Å². The van der Waals surface area contributed by atoms with Crippen molar-refractivity contribution in [2.45, 2.75) is 6.92 Å². The second-order valence-electron chi connectivity index (χ2n) is 6.56. The van der Waals surface area contributed by atoms with E-state index in [9.17, 15) is 9.59 Å². The van der Waals surface area contributed by atoms with Crippen LogP contribution in [-0.2, 0) is 4.74 Å². The quantitative estimate of drug-likeness (QED) is 0.470. The lowest BCUT2D eigenvalue weighted by Gasteiger charge is -2.09. The van der Waals surface area contributed by atoms with Crippen molar-refractivity contribution in [1.82, 2.24) is 4.98 Å². The molecular formula is C23H18N2O3S. The lowest BCUT2D eigenvalue weighted by Crippen LogP contribution is -2.17. The zero-order valence-corrected chi connectivity index (χ0v) is 16.7. The summed E-state index contributed by atoms with van der Waals surface area (Å²) in [6.45, 7) is 2.06. The van der Waals surface area contributed by atoms with Gasteiger partial charge in [-0.1, -0.05) is 18.2 Å². The number of esters is 1. The highest BCUT2D eigenvalue weighted by atomic mass is 32.1. The van der Waals surface area contributed by atoms with Crippen LogP contribution in [0.4, 0.5) is 5.69 Å². The van der Waals surface area contributed by atoms with Gasteiger partial charge >= 0.3 is 5.97 Å². The SMILES string of the molecule is COC(=O)c1ccccc1C(=O)Nc1ccc(-c2nc3ccc(C)cc3s2)cc1. The minimum absolute atomic E-state index is 0.230. The van der Waals surface area contributed by atoms with Gasteiger partial charge in [-0.2, -0.15) is 0 Å². The van der Waals surface area contributed by atoms with Gasteiger partial charge in [0.15, 0.2) is 0 Å². The number of anilines is 1. The van der Waals surface area contributed by atoms with Gasteiger partial charge in [-0.15, -0.1) is 11.3 Å². The van der Waals surface area contributed by atoms with Gasteiger partial charge in [-0.25, -0.2) is 9.78 Å². The third kappa shape index (κ3) is 3.88. The number of ether oxygens (including phenoxy) is 1. The average Bonchev–Trinajstić information content (AvgIpc) is 3.16. The van der Waals surface area contributed by atoms with E-state index in [-0.39, 0.29) is 17.0 Å². The number of aryl methyl sites for hydroxylation is 1. The first-order valence-electron chi connectivity index (χ1n) is 9.01. The highest BCUT2D eigenvalue weighted by Gasteiger charge is 2.17. The number of carbonyl (C=O) groups excluding carboxylic acids is 2. The van der Waals surface area contributed by atoms with Gasteiger partial charge in [0.25, 0.3) is 5.91 Å². The van der Waals surface area contributed by atoms with E-state index in [1.165, 1.54) is 12.7 Å². The number of carbonyl (C=O) groups is 2. The standard InChI is InChI=1S/C23H18N2O3S/c1-14-7-12-19-20(13-14)29-22(25-19)15-8-10-16(11-9-15)24-21(26)17-5-3-4-6-18(17)23(27)28-2/h3-13H,1-2H3,(H,24,26). The summed E-state index contributed by atoms with van der Waals surface area (Å²) in [7, 11) is 1.29. The molecule has 0 aliphatic rings. The fourth-order valence-corrected chi connectivity index (χ4v) is 4.09. The summed E-state index contributed by atoms with van der Waals surface area (Å²) in [6, 6.07) is 20.3. The number of methoxy groups -OCH3 is 1. The van der Waals surface area contributed by atoms with Crippen molar-refractivity contribution in [2.75, 3.05) is 12.4 Å². The number of aromatic nitrogens is 1. The van der Waals surface area contributed by atoms with Gasteiger partial charge in [0, 0.05) is 11.3 Å². The van der Waals surface area contributed by atoms with E-state index < -0.39 is 5.97 Å². The fourth-order valence-electron chi connectivity index (χ4n) is 3.02. The summed E-state index contributed by atoms with van der Waals surface area (Å²) >= 11 is 1.64. The number of fused-ring (bicyclic) bond motifs is 1. The van der Waals surface area contributed by atoms with Crippen LogP contribution in [0.1, 0.15) is 26.3 Å². The molecule has 1 aromatic heterocycles. The molecular weight excluding hydrogens is 384 g/mol. The maximum absolute atomic E-state index is 12.6. The van der Waals surface area contributed by atoms with Crippen molar-refractivity contribution in [3.8, 4) is 10.6 Å². The summed E-state index contributed by atoms with van der Waals surface area (Å²) in [5, 5.41) is 3.76. The minimum atomic E-state index is -0.544. The van der Waals surface area contributed by atoms with Crippen LogP contribution < -0.4 is 5.32 Å². The molecule has 6 heteroatoms. The van der Waals surface area contributed by atoms with E-state index in [2.05, 4.69) is 29.4 Å². The molecule has 0 unspecified atom stereocenters. The predicted molar refractivity (Wildman–Crippen MR) is 116 cm³/mol. The number of amides is 1. The maximum Gasteiger partial charge on any atom is 0.338 e. The molecule has 29 heavy (non-hydrogen) atoms. The van der Waals surface area contributed by atoms with Gasteiger partial charge in [0.2, 0.25) is 0 Å². The molecule has 0 saturated heterocycles. The molecule has 4 aromatic rings. The monoisotopic (exact) mass is 402 g/mol. The number of hydrogen-bond acceptors (Lipinski definition) is 5. The van der Waals surface area contributed by atoms with Gasteiger partial charge in [0.05, 0.1) is 28.5 Å². The van der Waals surface area contributed by atoms with Crippen LogP contribution in [-0.4, -0.2) is 24.0 Å². The minimum Gasteiger partial charge on any atom is -0.465 e. The molecule has 0 saturated carbocycles. The van der Waals surface area contributed by atoms with Crippen molar-refractivity contribution in [2.24, 2.45) is 0 Å². The second kappa shape index (κ2) is 7.85. The first-order chi connectivity index (χ1) is 14.0. The van der Waals surface area contributed by atoms with E-state index in [1.807, 2.05) is 30.3 Å². The summed E-state index contributed by atoms with van der Waals surface area (Å²) in [4.78, 5) is 29.2. The topological polar surface area (TPSA) is 68.3 Å². The number of rotatable bonds is 4. The number of nitrogens with one attached hydrogen (secondary N) is 1. The third-order valence-corrected chi connectivity index (χ3v) is 5.58. The van der Waals surface area contributed by atoms with E-state index in [1.54, 1.807) is 35.6 Å². The van der Waals surface area contributed by atoms with Gasteiger partial charge < -0.3 is 10.1 Å². The lowest BCUT2D eigenvalue weighted by molar-refractivity contribution is 0.0597. The van der Waals surface area contributed by atoms with E-state index >= 15 is 0 Å². The molecule has 1 N–H and O–H groups in total. The van der Waals surface area contributed by atoms with Crippen LogP contribution in [0.15, 0.2) is 66.7 Å². The highest BCUT2D eigenvalue weighted by Crippen LogP contribution is 2.31. The molecule has 1 heterocycles. The Kier molecular flexibility index (Phi) is 5.10. The van der Waals surface area contributed by atoms with Crippen molar-refractivity contribution >= 4 is 39.1 Å². The molecule has 4 rings (SSSR count). The van der Waals surface area contributed by atoms with E-state index in [0.717, 1.165) is 20.8 Å². The molecule has 0 spiro atoms. The number of benzene rings is 3. The molecule has 0 fully saturated rings. The van der Waals surface area contributed by atoms with E-state index in [4.69, 9.17) is 4.74 Å². The van der Waals surface area contributed by atoms with Crippen LogP contribution in [0.25, 0.3) is 20.8 Å². The third-order valence-electron chi connectivity index (χ3n) is 4.51. The summed E-state index contributed by atoms with van der Waals surface area (Å²) in [5.74, 6) is -0.911. The summed E-state index contributed by atoms with van der Waals surface area (Å²) in [5.41, 5.74) is 4.30. The molecule has 144 valence electrons. The predicted octanol–water partition coefficient (Wildman–Crippen LogP) is 5.31. The Morgan fingerprint density at radius 3 is 2.41 bits per heavy atom. The summed E-state index contributed by atoms with van der Waals surface area (Å²) in [6.07, 6.45) is 0. The Morgan fingerprint density at radius 1 is 0.966 bits per heavy atom. The Hall–Kier alpha value is -3.51. The number of hydrogen-bond donors (Lipinski definition) is 1. The molecule has 0 aliphatic carbocycles. The maximum atomic E-state index is 12.6. The normalized spacial score (nSPS) is 10.7. The number of thiazole rings is 1. The molecule has 0 atom stereocenters. The van der Waals surface area contributed by atoms with Gasteiger partial charge in [0.1, 0.15) is 5.01 Å². The van der Waals surface area contributed by atoms with Crippen molar-refractivity contribution in [3.05, 3.63) is 83.4 Å². The lowest BCUT2D eigenvalue weighted by atomic mass is 10.1. The zero-order chi connectivity index (χ0) is 20.4. The van der Waals surface area contributed by atoms with Gasteiger partial charge in [-0.3, -0.25) is 4.79 Å². The van der Waals surface area contributed by atoms with Crippen molar-refractivity contribution in [1.29, 1.82) is 0 Å². The molecule has 5 nitrogen and oxygen atoms in total. The van der Waals surface area contributed by atoms with Crippen LogP contribution in [0.3, 0.4) is 0 Å². The fraction of sp³-hybridized carbons (Fsp3) is 0.0870. The average molecular weight is 402 g/mol. The largest absolute Gasteiger partial charge is 0.465 e. The Bertz CT molecular complexity index is 1210. The Balaban J connectivity index is 1.55. The molecule has 0 aliphatic heterocycles. The molecule has 3 aromatic carbocycles. The van der Waals surface area contributed by atoms with Crippen molar-refractivity contribution in [3.63, 3.8) is 0 Å². The number of nitrogens with zero attached hydrogens (tertiary/aromatic N) is 1. The smallest absolute Gasteiger partial charge is 0.338 e. The van der Waals surface area contributed by atoms with Crippen LogP contribution in [0.2, 0.25) is 0 Å². The second-order valence-corrected chi connectivity index (χ2v) is 7.59. The molecule has 0 bridgehead atoms. The Labute approximate surface area is 172 Å². The van der Waals surface area contributed by atoms with Crippen LogP contribution >= 0.6 is 11.3 Å². The van der Waals surface area contributed by atoms with E-state index in [0.29, 0.717) is 5.69 Å². The molecule has 0 radical (unpaired) electrons. The molecule has 1 amide bonds. The first kappa shape index (κ1) is 18.8. The summed E-state index contributed by atoms with van der Waals surface area (Å²) < 4.78 is 5.90. The zero-order valence-electron chi connectivity index (χ0n) is 15.9. The Morgan fingerprint density at radius 2 is 1.69 bits per heavy atom.